The van der Waals surface area contributed by atoms with Gasteiger partial charge in [0.1, 0.15) is 6.10 Å². The fourth-order valence-electron chi connectivity index (χ4n) is 2.73. The molecule has 0 aliphatic carbocycles. The summed E-state index contributed by atoms with van der Waals surface area (Å²) in [5, 5.41) is 0. The van der Waals surface area contributed by atoms with Crippen molar-refractivity contribution in [3.05, 3.63) is 0 Å². The highest BCUT2D eigenvalue weighted by molar-refractivity contribution is 7.99. The van der Waals surface area contributed by atoms with Gasteiger partial charge in [-0.05, 0) is 25.4 Å². The number of ether oxygens (including phenoxy) is 2. The smallest absolute Gasteiger partial charge is 0.110 e. The van der Waals surface area contributed by atoms with E-state index in [4.69, 9.17) is 9.47 Å². The van der Waals surface area contributed by atoms with Crippen LogP contribution in [-0.4, -0.2) is 35.9 Å². The Balaban J connectivity index is 1.75. The van der Waals surface area contributed by atoms with Gasteiger partial charge >= 0.3 is 0 Å². The molecule has 0 radical (unpaired) electrons. The molecular formula is C10H16O2S. The largest absolute Gasteiger partial charge is 0.372 e. The molecule has 3 rings (SSSR count). The molecule has 3 aliphatic rings. The molecule has 13 heavy (non-hydrogen) atoms. The summed E-state index contributed by atoms with van der Waals surface area (Å²) in [5.41, 5.74) is 0. The minimum atomic E-state index is 0.407. The zero-order chi connectivity index (χ0) is 9.00. The Morgan fingerprint density at radius 2 is 1.54 bits per heavy atom. The number of fused-ring (bicyclic) bond motifs is 1. The fraction of sp³-hybridized carbons (Fsp3) is 1.00. The lowest BCUT2D eigenvalue weighted by Crippen LogP contribution is -2.25. The van der Waals surface area contributed by atoms with Crippen molar-refractivity contribution in [3.8, 4) is 0 Å². The Hall–Kier alpha value is 0.270. The number of thioether (sulfide) groups is 1. The van der Waals surface area contributed by atoms with Crippen LogP contribution < -0.4 is 0 Å². The van der Waals surface area contributed by atoms with Gasteiger partial charge in [0.05, 0.1) is 18.3 Å². The van der Waals surface area contributed by atoms with Crippen LogP contribution in [0.25, 0.3) is 0 Å². The highest BCUT2D eigenvalue weighted by atomic mass is 32.2. The third kappa shape index (κ3) is 1.24. The van der Waals surface area contributed by atoms with E-state index in [1.54, 1.807) is 0 Å². The molecule has 3 saturated heterocycles. The average molecular weight is 200 g/mol. The molecule has 6 atom stereocenters. The van der Waals surface area contributed by atoms with Crippen molar-refractivity contribution in [1.82, 2.24) is 0 Å². The second-order valence-electron chi connectivity index (χ2n) is 4.48. The zero-order valence-electron chi connectivity index (χ0n) is 8.10. The molecule has 0 N–H and O–H groups in total. The van der Waals surface area contributed by atoms with E-state index in [1.165, 1.54) is 11.5 Å². The van der Waals surface area contributed by atoms with E-state index in [0.29, 0.717) is 24.4 Å². The Bertz CT molecular complexity index is 221. The van der Waals surface area contributed by atoms with Gasteiger partial charge in [-0.15, -0.1) is 0 Å². The van der Waals surface area contributed by atoms with Crippen LogP contribution in [0.3, 0.4) is 0 Å². The van der Waals surface area contributed by atoms with Gasteiger partial charge in [-0.25, -0.2) is 0 Å². The molecule has 3 heteroatoms. The van der Waals surface area contributed by atoms with Crippen LogP contribution in [0, 0.1) is 11.8 Å². The molecule has 0 aromatic carbocycles. The summed E-state index contributed by atoms with van der Waals surface area (Å²) in [7, 11) is 0. The fourth-order valence-corrected chi connectivity index (χ4v) is 4.36. The lowest BCUT2D eigenvalue weighted by atomic mass is 9.89. The third-order valence-electron chi connectivity index (χ3n) is 3.65. The predicted octanol–water partition coefficient (Wildman–Crippen LogP) is 1.54. The molecule has 0 aromatic heterocycles. The van der Waals surface area contributed by atoms with Crippen LogP contribution in [0.1, 0.15) is 13.8 Å². The normalized spacial score (nSPS) is 59.5. The standard InChI is InChI=1S/C10H16O2S/c1-5-7-3-13-4-8(7)10(11-5)9-6(2)12-9/h5-10H,3-4H2,1-2H3. The predicted molar refractivity (Wildman–Crippen MR) is 53.0 cm³/mol. The quantitative estimate of drug-likeness (QED) is 0.599. The Labute approximate surface area is 83.4 Å². The van der Waals surface area contributed by atoms with Crippen LogP contribution in [0.2, 0.25) is 0 Å². The van der Waals surface area contributed by atoms with E-state index >= 15 is 0 Å². The summed E-state index contributed by atoms with van der Waals surface area (Å²) in [4.78, 5) is 0. The Morgan fingerprint density at radius 1 is 0.923 bits per heavy atom. The van der Waals surface area contributed by atoms with E-state index in [-0.39, 0.29) is 0 Å². The molecule has 74 valence electrons. The zero-order valence-corrected chi connectivity index (χ0v) is 8.92. The van der Waals surface area contributed by atoms with Crippen LogP contribution in [0.5, 0.6) is 0 Å². The van der Waals surface area contributed by atoms with Crippen LogP contribution in [0.15, 0.2) is 0 Å². The summed E-state index contributed by atoms with van der Waals surface area (Å²) in [6.45, 7) is 4.37. The second kappa shape index (κ2) is 2.88. The summed E-state index contributed by atoms with van der Waals surface area (Å²) in [5.74, 6) is 4.15. The summed E-state index contributed by atoms with van der Waals surface area (Å²) >= 11 is 2.08. The van der Waals surface area contributed by atoms with Gasteiger partial charge in [-0.1, -0.05) is 0 Å². The summed E-state index contributed by atoms with van der Waals surface area (Å²) in [6.07, 6.45) is 1.73. The van der Waals surface area contributed by atoms with Gasteiger partial charge in [0.2, 0.25) is 0 Å². The minimum Gasteiger partial charge on any atom is -0.372 e. The van der Waals surface area contributed by atoms with Gasteiger partial charge < -0.3 is 9.47 Å². The van der Waals surface area contributed by atoms with E-state index in [1.807, 2.05) is 0 Å². The maximum atomic E-state index is 5.98. The SMILES string of the molecule is CC1OC(C2OC2C)C2CSCC12. The number of epoxide rings is 1. The van der Waals surface area contributed by atoms with E-state index in [0.717, 1.165) is 11.8 Å². The van der Waals surface area contributed by atoms with Gasteiger partial charge in [0.25, 0.3) is 0 Å². The molecule has 2 nitrogen and oxygen atoms in total. The van der Waals surface area contributed by atoms with Gasteiger partial charge in [0, 0.05) is 11.8 Å². The van der Waals surface area contributed by atoms with E-state index in [9.17, 15) is 0 Å². The van der Waals surface area contributed by atoms with Gasteiger partial charge in [-0.2, -0.15) is 11.8 Å². The molecular weight excluding hydrogens is 184 g/mol. The van der Waals surface area contributed by atoms with Crippen LogP contribution in [-0.2, 0) is 9.47 Å². The van der Waals surface area contributed by atoms with Crippen molar-refractivity contribution in [3.63, 3.8) is 0 Å². The molecule has 3 fully saturated rings. The number of hydrogen-bond acceptors (Lipinski definition) is 3. The highest BCUT2D eigenvalue weighted by Gasteiger charge is 2.54. The van der Waals surface area contributed by atoms with E-state index < -0.39 is 0 Å². The minimum absolute atomic E-state index is 0.407. The average Bonchev–Trinajstić information content (AvgIpc) is 2.60. The first-order valence-corrected chi connectivity index (χ1v) is 6.31. The molecule has 0 spiro atoms. The molecule has 0 bridgehead atoms. The van der Waals surface area contributed by atoms with Crippen molar-refractivity contribution in [2.45, 2.75) is 38.3 Å². The van der Waals surface area contributed by atoms with Gasteiger partial charge in [-0.3, -0.25) is 0 Å². The summed E-state index contributed by atoms with van der Waals surface area (Å²) < 4.78 is 11.5. The molecule has 0 saturated carbocycles. The lowest BCUT2D eigenvalue weighted by molar-refractivity contribution is 0.0243. The molecule has 6 unspecified atom stereocenters. The van der Waals surface area contributed by atoms with Gasteiger partial charge in [0.15, 0.2) is 0 Å². The van der Waals surface area contributed by atoms with Crippen molar-refractivity contribution in [1.29, 1.82) is 0 Å². The first-order chi connectivity index (χ1) is 6.27. The number of rotatable bonds is 1. The van der Waals surface area contributed by atoms with Crippen molar-refractivity contribution in [2.24, 2.45) is 11.8 Å². The van der Waals surface area contributed by atoms with Crippen LogP contribution in [0.4, 0.5) is 0 Å². The first-order valence-electron chi connectivity index (χ1n) is 5.16. The Morgan fingerprint density at radius 3 is 2.23 bits per heavy atom. The molecule has 3 heterocycles. The van der Waals surface area contributed by atoms with E-state index in [2.05, 4.69) is 25.6 Å². The topological polar surface area (TPSA) is 21.8 Å². The maximum absolute atomic E-state index is 5.98. The van der Waals surface area contributed by atoms with Crippen molar-refractivity contribution in [2.75, 3.05) is 11.5 Å². The lowest BCUT2D eigenvalue weighted by Gasteiger charge is -2.13. The van der Waals surface area contributed by atoms with Crippen molar-refractivity contribution >= 4 is 11.8 Å². The van der Waals surface area contributed by atoms with Crippen LogP contribution >= 0.6 is 11.8 Å². The van der Waals surface area contributed by atoms with Crippen molar-refractivity contribution < 1.29 is 9.47 Å². The second-order valence-corrected chi connectivity index (χ2v) is 5.55. The highest BCUT2D eigenvalue weighted by Crippen LogP contribution is 2.47. The number of hydrogen-bond donors (Lipinski definition) is 0. The third-order valence-corrected chi connectivity index (χ3v) is 4.89. The summed E-state index contributed by atoms with van der Waals surface area (Å²) in [6, 6.07) is 0. The Kier molecular flexibility index (Phi) is 1.90. The molecule has 0 amide bonds. The first kappa shape index (κ1) is 8.57. The monoisotopic (exact) mass is 200 g/mol. The maximum Gasteiger partial charge on any atom is 0.110 e. The molecule has 3 aliphatic heterocycles. The molecule has 0 aromatic rings.